The number of ketones is 1. The third kappa shape index (κ3) is 1.64. The lowest BCUT2D eigenvalue weighted by atomic mass is 9.76. The summed E-state index contributed by atoms with van der Waals surface area (Å²) in [5, 5.41) is 3.35. The van der Waals surface area contributed by atoms with Crippen molar-refractivity contribution in [1.29, 1.82) is 0 Å². The fraction of sp³-hybridized carbons (Fsp3) is 0.278. The lowest BCUT2D eigenvalue weighted by molar-refractivity contribution is 0.0937. The van der Waals surface area contributed by atoms with Crippen molar-refractivity contribution in [3.8, 4) is 22.6 Å². The Kier molecular flexibility index (Phi) is 2.94. The zero-order chi connectivity index (χ0) is 15.3. The van der Waals surface area contributed by atoms with Crippen molar-refractivity contribution in [2.24, 2.45) is 0 Å². The Balaban J connectivity index is 2.13. The van der Waals surface area contributed by atoms with E-state index >= 15 is 0 Å². The number of nitrogens with one attached hydrogen (secondary N) is 1. The second kappa shape index (κ2) is 4.85. The van der Waals surface area contributed by atoms with E-state index in [1.165, 1.54) is 5.56 Å². The molecule has 4 nitrogen and oxygen atoms in total. The molecule has 4 heteroatoms. The van der Waals surface area contributed by atoms with Gasteiger partial charge in [-0.2, -0.15) is 0 Å². The first-order valence-electron chi connectivity index (χ1n) is 7.41. The summed E-state index contributed by atoms with van der Waals surface area (Å²) in [6, 6.07) is 9.44. The SMILES string of the molecule is COc1cc2c3c(c1OC)-c1ccccc1C(=O)C3NCC2. The van der Waals surface area contributed by atoms with Crippen molar-refractivity contribution in [3.63, 3.8) is 0 Å². The summed E-state index contributed by atoms with van der Waals surface area (Å²) in [6.45, 7) is 0.792. The molecule has 0 saturated heterocycles. The number of ether oxygens (including phenoxy) is 2. The molecule has 0 radical (unpaired) electrons. The largest absolute Gasteiger partial charge is 0.493 e. The van der Waals surface area contributed by atoms with Gasteiger partial charge in [-0.05, 0) is 29.2 Å². The number of fused-ring (bicyclic) bond motifs is 2. The second-order valence-corrected chi connectivity index (χ2v) is 5.61. The maximum atomic E-state index is 12.8. The van der Waals surface area contributed by atoms with Crippen molar-refractivity contribution >= 4 is 5.78 Å². The number of hydrogen-bond acceptors (Lipinski definition) is 4. The summed E-state index contributed by atoms with van der Waals surface area (Å²) in [5.74, 6) is 1.56. The van der Waals surface area contributed by atoms with Crippen LogP contribution in [0, 0.1) is 0 Å². The summed E-state index contributed by atoms with van der Waals surface area (Å²) in [7, 11) is 3.29. The van der Waals surface area contributed by atoms with Gasteiger partial charge < -0.3 is 14.8 Å². The second-order valence-electron chi connectivity index (χ2n) is 5.61. The molecule has 0 aromatic heterocycles. The first-order chi connectivity index (χ1) is 10.8. The number of methoxy groups -OCH3 is 2. The zero-order valence-electron chi connectivity index (χ0n) is 12.6. The molecule has 2 aromatic carbocycles. The summed E-state index contributed by atoms with van der Waals surface area (Å²) in [6.07, 6.45) is 0.884. The fourth-order valence-corrected chi connectivity index (χ4v) is 3.61. The average molecular weight is 295 g/mol. The molecule has 0 fully saturated rings. The van der Waals surface area contributed by atoms with Crippen LogP contribution in [0.5, 0.6) is 11.5 Å². The molecule has 1 N–H and O–H groups in total. The van der Waals surface area contributed by atoms with Crippen molar-refractivity contribution in [2.45, 2.75) is 12.5 Å². The van der Waals surface area contributed by atoms with Gasteiger partial charge >= 0.3 is 0 Å². The topological polar surface area (TPSA) is 47.6 Å². The average Bonchev–Trinajstić information content (AvgIpc) is 2.58. The van der Waals surface area contributed by atoms with Gasteiger partial charge in [-0.15, -0.1) is 0 Å². The Morgan fingerprint density at radius 2 is 1.91 bits per heavy atom. The van der Waals surface area contributed by atoms with Crippen LogP contribution in [0.15, 0.2) is 30.3 Å². The monoisotopic (exact) mass is 295 g/mol. The van der Waals surface area contributed by atoms with E-state index in [-0.39, 0.29) is 11.8 Å². The highest BCUT2D eigenvalue weighted by Crippen LogP contribution is 2.50. The van der Waals surface area contributed by atoms with Gasteiger partial charge in [0, 0.05) is 17.7 Å². The van der Waals surface area contributed by atoms with E-state index in [9.17, 15) is 4.79 Å². The third-order valence-corrected chi connectivity index (χ3v) is 4.55. The van der Waals surface area contributed by atoms with Gasteiger partial charge in [0.15, 0.2) is 17.3 Å². The Bertz CT molecular complexity index is 782. The van der Waals surface area contributed by atoms with Crippen molar-refractivity contribution in [2.75, 3.05) is 20.8 Å². The van der Waals surface area contributed by atoms with Gasteiger partial charge in [0.05, 0.1) is 20.3 Å². The van der Waals surface area contributed by atoms with Crippen molar-refractivity contribution < 1.29 is 14.3 Å². The Hall–Kier alpha value is -2.33. The molecule has 22 heavy (non-hydrogen) atoms. The molecule has 112 valence electrons. The Labute approximate surface area is 129 Å². The Morgan fingerprint density at radius 3 is 2.64 bits per heavy atom. The predicted octanol–water partition coefficient (Wildman–Crippen LogP) is 2.75. The molecule has 0 amide bonds. The van der Waals surface area contributed by atoms with Crippen LogP contribution in [0.4, 0.5) is 0 Å². The van der Waals surface area contributed by atoms with Gasteiger partial charge in [-0.1, -0.05) is 24.3 Å². The van der Waals surface area contributed by atoms with Gasteiger partial charge in [-0.25, -0.2) is 0 Å². The highest BCUT2D eigenvalue weighted by atomic mass is 16.5. The van der Waals surface area contributed by atoms with Crippen LogP contribution in [0.25, 0.3) is 11.1 Å². The standard InChI is InChI=1S/C18H17NO3/c1-21-13-9-10-7-8-19-16-14(10)15(18(13)22-2)11-5-3-4-6-12(11)17(16)20/h3-6,9,16,19H,7-8H2,1-2H3. The van der Waals surface area contributed by atoms with E-state index in [0.717, 1.165) is 41.0 Å². The molecule has 2 aromatic rings. The molecule has 0 saturated carbocycles. The normalized spacial score (nSPS) is 18.5. The molecular formula is C18H17NO3. The molecule has 1 aliphatic carbocycles. The first-order valence-corrected chi connectivity index (χ1v) is 7.41. The highest BCUT2D eigenvalue weighted by Gasteiger charge is 2.38. The predicted molar refractivity (Wildman–Crippen MR) is 83.8 cm³/mol. The van der Waals surface area contributed by atoms with Crippen molar-refractivity contribution in [3.05, 3.63) is 47.0 Å². The van der Waals surface area contributed by atoms with Crippen LogP contribution in [-0.4, -0.2) is 26.5 Å². The minimum absolute atomic E-state index is 0.135. The van der Waals surface area contributed by atoms with Gasteiger partial charge in [0.1, 0.15) is 0 Å². The quantitative estimate of drug-likeness (QED) is 0.925. The van der Waals surface area contributed by atoms with Crippen LogP contribution in [0.3, 0.4) is 0 Å². The number of benzene rings is 2. The number of hydrogen-bond donors (Lipinski definition) is 1. The van der Waals surface area contributed by atoms with Crippen LogP contribution in [0.2, 0.25) is 0 Å². The molecule has 0 spiro atoms. The van der Waals surface area contributed by atoms with E-state index in [1.54, 1.807) is 14.2 Å². The zero-order valence-corrected chi connectivity index (χ0v) is 12.6. The molecule has 1 aliphatic heterocycles. The molecule has 1 atom stereocenters. The van der Waals surface area contributed by atoms with Crippen molar-refractivity contribution in [1.82, 2.24) is 5.32 Å². The number of Topliss-reactive ketones (excluding diaryl/α,β-unsaturated/α-hetero) is 1. The maximum absolute atomic E-state index is 12.8. The summed E-state index contributed by atoms with van der Waals surface area (Å²) < 4.78 is 11.2. The third-order valence-electron chi connectivity index (χ3n) is 4.55. The summed E-state index contributed by atoms with van der Waals surface area (Å²) in [5.41, 5.74) is 4.88. The van der Waals surface area contributed by atoms with Crippen LogP contribution in [-0.2, 0) is 6.42 Å². The van der Waals surface area contributed by atoms with Gasteiger partial charge in [0.25, 0.3) is 0 Å². The smallest absolute Gasteiger partial charge is 0.184 e. The van der Waals surface area contributed by atoms with E-state index < -0.39 is 0 Å². The maximum Gasteiger partial charge on any atom is 0.184 e. The molecule has 4 rings (SSSR count). The van der Waals surface area contributed by atoms with E-state index in [4.69, 9.17) is 9.47 Å². The number of rotatable bonds is 2. The van der Waals surface area contributed by atoms with E-state index in [0.29, 0.717) is 5.75 Å². The van der Waals surface area contributed by atoms with Gasteiger partial charge in [-0.3, -0.25) is 4.79 Å². The minimum Gasteiger partial charge on any atom is -0.493 e. The molecule has 1 heterocycles. The van der Waals surface area contributed by atoms with E-state index in [2.05, 4.69) is 5.32 Å². The molecule has 1 unspecified atom stereocenters. The summed E-state index contributed by atoms with van der Waals surface area (Å²) >= 11 is 0. The first kappa shape index (κ1) is 13.3. The lowest BCUT2D eigenvalue weighted by Gasteiger charge is -2.34. The molecular weight excluding hydrogens is 278 g/mol. The van der Waals surface area contributed by atoms with E-state index in [1.807, 2.05) is 30.3 Å². The van der Waals surface area contributed by atoms with Crippen LogP contribution < -0.4 is 14.8 Å². The lowest BCUT2D eigenvalue weighted by Crippen LogP contribution is -2.38. The van der Waals surface area contributed by atoms with Crippen LogP contribution in [0.1, 0.15) is 27.5 Å². The fourth-order valence-electron chi connectivity index (χ4n) is 3.61. The number of carbonyl (C=O) groups excluding carboxylic acids is 1. The van der Waals surface area contributed by atoms with Crippen LogP contribution >= 0.6 is 0 Å². The molecule has 0 bridgehead atoms. The number of carbonyl (C=O) groups is 1. The minimum atomic E-state index is -0.284. The molecule has 2 aliphatic rings. The highest BCUT2D eigenvalue weighted by molar-refractivity contribution is 6.11. The Morgan fingerprint density at radius 1 is 1.14 bits per heavy atom. The van der Waals surface area contributed by atoms with Gasteiger partial charge in [0.2, 0.25) is 0 Å². The summed E-state index contributed by atoms with van der Waals surface area (Å²) in [4.78, 5) is 12.8.